The van der Waals surface area contributed by atoms with Crippen molar-refractivity contribution in [2.75, 3.05) is 12.3 Å². The Hall–Kier alpha value is -1.94. The van der Waals surface area contributed by atoms with Crippen LogP contribution in [0.25, 0.3) is 0 Å². The SMILES string of the molecule is Cc1ccc(SCCNC(=O)[C@@H](C)Oc2cccc(C)c2C)cc1. The van der Waals surface area contributed by atoms with Gasteiger partial charge in [0, 0.05) is 17.2 Å². The summed E-state index contributed by atoms with van der Waals surface area (Å²) >= 11 is 1.74. The molecule has 4 heteroatoms. The molecule has 0 unspecified atom stereocenters. The molecule has 0 spiro atoms. The van der Waals surface area contributed by atoms with Crippen LogP contribution in [0.2, 0.25) is 0 Å². The average Bonchev–Trinajstić information content (AvgIpc) is 2.57. The summed E-state index contributed by atoms with van der Waals surface area (Å²) in [5.41, 5.74) is 3.49. The van der Waals surface area contributed by atoms with Gasteiger partial charge in [-0.3, -0.25) is 4.79 Å². The van der Waals surface area contributed by atoms with Crippen LogP contribution in [0.5, 0.6) is 5.75 Å². The Kier molecular flexibility index (Phi) is 6.73. The second kappa shape index (κ2) is 8.78. The van der Waals surface area contributed by atoms with Crippen LogP contribution in [0.1, 0.15) is 23.6 Å². The first-order valence-electron chi connectivity index (χ1n) is 8.17. The van der Waals surface area contributed by atoms with E-state index in [1.807, 2.05) is 32.0 Å². The summed E-state index contributed by atoms with van der Waals surface area (Å²) < 4.78 is 5.80. The van der Waals surface area contributed by atoms with E-state index in [0.717, 1.165) is 22.6 Å². The zero-order valence-corrected chi connectivity index (χ0v) is 15.6. The minimum Gasteiger partial charge on any atom is -0.481 e. The van der Waals surface area contributed by atoms with Crippen molar-refractivity contribution in [3.63, 3.8) is 0 Å². The highest BCUT2D eigenvalue weighted by Crippen LogP contribution is 2.22. The number of ether oxygens (including phenoxy) is 1. The number of hydrogen-bond donors (Lipinski definition) is 1. The first-order chi connectivity index (χ1) is 11.5. The minimum atomic E-state index is -0.505. The van der Waals surface area contributed by atoms with E-state index in [1.165, 1.54) is 10.5 Å². The molecule has 0 heterocycles. The molecule has 24 heavy (non-hydrogen) atoms. The third-order valence-corrected chi connectivity index (χ3v) is 4.93. The molecule has 0 aromatic heterocycles. The number of benzene rings is 2. The predicted molar refractivity (Wildman–Crippen MR) is 101 cm³/mol. The molecular weight excluding hydrogens is 318 g/mol. The highest BCUT2D eigenvalue weighted by atomic mass is 32.2. The molecular formula is C20H25NO2S. The van der Waals surface area contributed by atoms with Gasteiger partial charge < -0.3 is 10.1 Å². The van der Waals surface area contributed by atoms with Gasteiger partial charge in [0.25, 0.3) is 5.91 Å². The van der Waals surface area contributed by atoms with Crippen molar-refractivity contribution in [2.45, 2.75) is 38.7 Å². The van der Waals surface area contributed by atoms with E-state index in [-0.39, 0.29) is 5.91 Å². The molecule has 2 rings (SSSR count). The van der Waals surface area contributed by atoms with E-state index in [0.29, 0.717) is 6.54 Å². The fourth-order valence-electron chi connectivity index (χ4n) is 2.22. The largest absolute Gasteiger partial charge is 0.481 e. The lowest BCUT2D eigenvalue weighted by Gasteiger charge is -2.17. The molecule has 128 valence electrons. The Morgan fingerprint density at radius 1 is 1.12 bits per heavy atom. The van der Waals surface area contributed by atoms with Gasteiger partial charge in [0.2, 0.25) is 0 Å². The van der Waals surface area contributed by atoms with Gasteiger partial charge in [-0.1, -0.05) is 29.8 Å². The van der Waals surface area contributed by atoms with Gasteiger partial charge in [-0.25, -0.2) is 0 Å². The summed E-state index contributed by atoms with van der Waals surface area (Å²) in [6, 6.07) is 14.3. The Morgan fingerprint density at radius 3 is 2.54 bits per heavy atom. The van der Waals surface area contributed by atoms with Gasteiger partial charge in [0.05, 0.1) is 0 Å². The molecule has 0 saturated heterocycles. The van der Waals surface area contributed by atoms with Crippen molar-refractivity contribution >= 4 is 17.7 Å². The van der Waals surface area contributed by atoms with Gasteiger partial charge in [-0.2, -0.15) is 0 Å². The Labute approximate surface area is 148 Å². The van der Waals surface area contributed by atoms with Crippen LogP contribution < -0.4 is 10.1 Å². The van der Waals surface area contributed by atoms with E-state index in [2.05, 4.69) is 36.5 Å². The summed E-state index contributed by atoms with van der Waals surface area (Å²) in [4.78, 5) is 13.4. The molecule has 1 atom stereocenters. The molecule has 2 aromatic rings. The number of rotatable bonds is 7. The summed E-state index contributed by atoms with van der Waals surface area (Å²) in [7, 11) is 0. The Bertz CT molecular complexity index is 683. The number of amides is 1. The van der Waals surface area contributed by atoms with Gasteiger partial charge in [0.15, 0.2) is 6.10 Å². The molecule has 0 fully saturated rings. The first-order valence-corrected chi connectivity index (χ1v) is 9.16. The number of carbonyl (C=O) groups excluding carboxylic acids is 1. The zero-order chi connectivity index (χ0) is 17.5. The van der Waals surface area contributed by atoms with Crippen molar-refractivity contribution in [2.24, 2.45) is 0 Å². The van der Waals surface area contributed by atoms with Crippen molar-refractivity contribution in [3.8, 4) is 5.75 Å². The number of nitrogens with one attached hydrogen (secondary N) is 1. The van der Waals surface area contributed by atoms with Crippen molar-refractivity contribution in [3.05, 3.63) is 59.2 Å². The fraction of sp³-hybridized carbons (Fsp3) is 0.350. The van der Waals surface area contributed by atoms with Crippen LogP contribution in [0.3, 0.4) is 0 Å². The monoisotopic (exact) mass is 343 g/mol. The van der Waals surface area contributed by atoms with Crippen LogP contribution in [-0.2, 0) is 4.79 Å². The maximum absolute atomic E-state index is 12.2. The molecule has 0 aliphatic heterocycles. The molecule has 0 saturated carbocycles. The van der Waals surface area contributed by atoms with Crippen LogP contribution in [-0.4, -0.2) is 24.3 Å². The van der Waals surface area contributed by atoms with Crippen molar-refractivity contribution < 1.29 is 9.53 Å². The molecule has 0 bridgehead atoms. The standard InChI is InChI=1S/C20H25NO2S/c1-14-8-10-18(11-9-14)24-13-12-21-20(22)17(4)23-19-7-5-6-15(2)16(19)3/h5-11,17H,12-13H2,1-4H3,(H,21,22)/t17-/m1/s1. The highest BCUT2D eigenvalue weighted by molar-refractivity contribution is 7.99. The lowest BCUT2D eigenvalue weighted by atomic mass is 10.1. The first kappa shape index (κ1) is 18.4. The fourth-order valence-corrected chi connectivity index (χ4v) is 2.99. The third kappa shape index (κ3) is 5.31. The van der Waals surface area contributed by atoms with Crippen molar-refractivity contribution in [1.82, 2.24) is 5.32 Å². The van der Waals surface area contributed by atoms with Crippen LogP contribution in [0, 0.1) is 20.8 Å². The summed E-state index contributed by atoms with van der Waals surface area (Å²) in [6.45, 7) is 8.52. The van der Waals surface area contributed by atoms with Gasteiger partial charge >= 0.3 is 0 Å². The molecule has 0 aliphatic carbocycles. The number of aryl methyl sites for hydroxylation is 2. The maximum atomic E-state index is 12.2. The number of hydrogen-bond acceptors (Lipinski definition) is 3. The van der Waals surface area contributed by atoms with E-state index in [9.17, 15) is 4.79 Å². The molecule has 3 nitrogen and oxygen atoms in total. The highest BCUT2D eigenvalue weighted by Gasteiger charge is 2.15. The van der Waals surface area contributed by atoms with E-state index < -0.39 is 6.10 Å². The van der Waals surface area contributed by atoms with E-state index in [1.54, 1.807) is 18.7 Å². The summed E-state index contributed by atoms with van der Waals surface area (Å²) in [5, 5.41) is 2.93. The minimum absolute atomic E-state index is 0.0830. The zero-order valence-electron chi connectivity index (χ0n) is 14.8. The normalized spacial score (nSPS) is 11.8. The summed E-state index contributed by atoms with van der Waals surface area (Å²) in [5.74, 6) is 1.53. The Morgan fingerprint density at radius 2 is 1.83 bits per heavy atom. The van der Waals surface area contributed by atoms with Gasteiger partial charge in [0.1, 0.15) is 5.75 Å². The third-order valence-electron chi connectivity index (χ3n) is 3.92. The van der Waals surface area contributed by atoms with Crippen LogP contribution in [0.4, 0.5) is 0 Å². The smallest absolute Gasteiger partial charge is 0.260 e. The second-order valence-electron chi connectivity index (χ2n) is 5.91. The van der Waals surface area contributed by atoms with E-state index >= 15 is 0 Å². The van der Waals surface area contributed by atoms with Gasteiger partial charge in [-0.15, -0.1) is 11.8 Å². The topological polar surface area (TPSA) is 38.3 Å². The molecule has 0 aliphatic rings. The predicted octanol–water partition coefficient (Wildman–Crippen LogP) is 4.29. The van der Waals surface area contributed by atoms with Gasteiger partial charge in [-0.05, 0) is 57.0 Å². The molecule has 0 radical (unpaired) electrons. The Balaban J connectivity index is 1.75. The van der Waals surface area contributed by atoms with Crippen LogP contribution in [0.15, 0.2) is 47.4 Å². The lowest BCUT2D eigenvalue weighted by Crippen LogP contribution is -2.37. The quantitative estimate of drug-likeness (QED) is 0.602. The second-order valence-corrected chi connectivity index (χ2v) is 7.08. The molecule has 1 amide bonds. The van der Waals surface area contributed by atoms with Crippen molar-refractivity contribution in [1.29, 1.82) is 0 Å². The lowest BCUT2D eigenvalue weighted by molar-refractivity contribution is -0.127. The maximum Gasteiger partial charge on any atom is 0.260 e. The number of carbonyl (C=O) groups is 1. The average molecular weight is 343 g/mol. The van der Waals surface area contributed by atoms with Crippen LogP contribution >= 0.6 is 11.8 Å². The molecule has 1 N–H and O–H groups in total. The number of thioether (sulfide) groups is 1. The summed E-state index contributed by atoms with van der Waals surface area (Å²) in [6.07, 6.45) is -0.505. The molecule has 2 aromatic carbocycles. The van der Waals surface area contributed by atoms with E-state index in [4.69, 9.17) is 4.74 Å².